The highest BCUT2D eigenvalue weighted by atomic mass is 16.5. The van der Waals surface area contributed by atoms with E-state index >= 15 is 0 Å². The van der Waals surface area contributed by atoms with Gasteiger partial charge in [0.15, 0.2) is 0 Å². The smallest absolute Gasteiger partial charge is 0.252 e. The van der Waals surface area contributed by atoms with E-state index in [0.29, 0.717) is 18.7 Å². The number of hydrogen-bond acceptors (Lipinski definition) is 4. The Morgan fingerprint density at radius 1 is 1.22 bits per heavy atom. The molecule has 0 aliphatic carbocycles. The minimum Gasteiger partial charge on any atom is -0.384 e. The summed E-state index contributed by atoms with van der Waals surface area (Å²) in [4.78, 5) is 25.5. The van der Waals surface area contributed by atoms with E-state index in [9.17, 15) is 9.59 Å². The molecule has 0 aromatic heterocycles. The first-order valence-corrected chi connectivity index (χ1v) is 9.72. The number of hydrogen-bond donors (Lipinski definition) is 3. The van der Waals surface area contributed by atoms with Crippen molar-refractivity contribution in [1.29, 1.82) is 0 Å². The van der Waals surface area contributed by atoms with Gasteiger partial charge in [0.2, 0.25) is 5.91 Å². The lowest BCUT2D eigenvalue weighted by Gasteiger charge is -2.37. The van der Waals surface area contributed by atoms with Crippen LogP contribution >= 0.6 is 0 Å². The van der Waals surface area contributed by atoms with E-state index in [1.165, 1.54) is 0 Å². The molecular formula is C21H33N3O3. The van der Waals surface area contributed by atoms with E-state index in [0.717, 1.165) is 31.5 Å². The lowest BCUT2D eigenvalue weighted by Crippen LogP contribution is -2.53. The molecule has 6 nitrogen and oxygen atoms in total. The van der Waals surface area contributed by atoms with E-state index in [1.54, 1.807) is 13.2 Å². The largest absolute Gasteiger partial charge is 0.384 e. The van der Waals surface area contributed by atoms with E-state index in [2.05, 4.69) is 16.0 Å². The van der Waals surface area contributed by atoms with Crippen molar-refractivity contribution in [1.82, 2.24) is 16.0 Å². The molecule has 0 spiro atoms. The molecule has 1 aromatic rings. The molecule has 1 fully saturated rings. The Bertz CT molecular complexity index is 634. The van der Waals surface area contributed by atoms with Crippen molar-refractivity contribution in [2.24, 2.45) is 11.3 Å². The molecule has 3 N–H and O–H groups in total. The topological polar surface area (TPSA) is 79.5 Å². The molecule has 1 aliphatic heterocycles. The number of carbonyl (C=O) groups excluding carboxylic acids is 2. The van der Waals surface area contributed by atoms with Crippen molar-refractivity contribution in [2.75, 3.05) is 33.4 Å². The van der Waals surface area contributed by atoms with Crippen LogP contribution in [0, 0.1) is 18.3 Å². The molecule has 0 saturated carbocycles. The summed E-state index contributed by atoms with van der Waals surface area (Å²) in [6.45, 7) is 8.82. The van der Waals surface area contributed by atoms with Gasteiger partial charge in [-0.25, -0.2) is 0 Å². The van der Waals surface area contributed by atoms with Crippen molar-refractivity contribution in [3.63, 3.8) is 0 Å². The highest BCUT2D eigenvalue weighted by Crippen LogP contribution is 2.28. The first-order valence-electron chi connectivity index (χ1n) is 9.72. The summed E-state index contributed by atoms with van der Waals surface area (Å²) in [6.07, 6.45) is 1.92. The monoisotopic (exact) mass is 375 g/mol. The summed E-state index contributed by atoms with van der Waals surface area (Å²) in [5.74, 6) is -0.360. The zero-order valence-corrected chi connectivity index (χ0v) is 16.9. The van der Waals surface area contributed by atoms with Crippen molar-refractivity contribution < 1.29 is 14.3 Å². The predicted octanol–water partition coefficient (Wildman–Crippen LogP) is 1.88. The standard InChI is InChI=1S/C21H33N3O3/c1-15(2)18(24-19(25)17-8-6-5-7-16(17)3)20(26)23-13-21(14-27-4)9-11-22-12-10-21/h5-8,15,18,22H,9-14H2,1-4H3,(H,23,26)(H,24,25). The molecule has 2 rings (SSSR count). The molecule has 1 aromatic carbocycles. The van der Waals surface area contributed by atoms with Crippen LogP contribution in [0.1, 0.15) is 42.6 Å². The van der Waals surface area contributed by atoms with Crippen LogP contribution in [0.25, 0.3) is 0 Å². The van der Waals surface area contributed by atoms with Crippen molar-refractivity contribution in [2.45, 2.75) is 39.7 Å². The predicted molar refractivity (Wildman–Crippen MR) is 107 cm³/mol. The summed E-state index contributed by atoms with van der Waals surface area (Å²) < 4.78 is 5.41. The maximum atomic E-state index is 12.8. The maximum absolute atomic E-state index is 12.8. The third-order valence-corrected chi connectivity index (χ3v) is 5.38. The van der Waals surface area contributed by atoms with E-state index in [-0.39, 0.29) is 23.1 Å². The fourth-order valence-corrected chi connectivity index (χ4v) is 3.60. The van der Waals surface area contributed by atoms with Crippen molar-refractivity contribution in [3.8, 4) is 0 Å². The minimum absolute atomic E-state index is 0.00985. The number of nitrogens with one attached hydrogen (secondary N) is 3. The molecule has 1 unspecified atom stereocenters. The lowest BCUT2D eigenvalue weighted by molar-refractivity contribution is -0.124. The molecule has 1 heterocycles. The molecule has 150 valence electrons. The molecule has 0 radical (unpaired) electrons. The molecule has 1 aliphatic rings. The zero-order chi connectivity index (χ0) is 19.9. The van der Waals surface area contributed by atoms with Crippen LogP contribution in [0.15, 0.2) is 24.3 Å². The van der Waals surface area contributed by atoms with E-state index in [4.69, 9.17) is 4.74 Å². The Morgan fingerprint density at radius 3 is 2.48 bits per heavy atom. The number of methoxy groups -OCH3 is 1. The van der Waals surface area contributed by atoms with Crippen LogP contribution in [-0.4, -0.2) is 51.2 Å². The quantitative estimate of drug-likeness (QED) is 0.648. The summed E-state index contributed by atoms with van der Waals surface area (Å²) in [5.41, 5.74) is 1.45. The molecular weight excluding hydrogens is 342 g/mol. The fraction of sp³-hybridized carbons (Fsp3) is 0.619. The molecule has 1 atom stereocenters. The van der Waals surface area contributed by atoms with Gasteiger partial charge in [-0.15, -0.1) is 0 Å². The highest BCUT2D eigenvalue weighted by molar-refractivity contribution is 5.98. The van der Waals surface area contributed by atoms with E-state index < -0.39 is 6.04 Å². The highest BCUT2D eigenvalue weighted by Gasteiger charge is 2.34. The second-order valence-electron chi connectivity index (χ2n) is 7.91. The number of carbonyl (C=O) groups is 2. The first kappa shape index (κ1) is 21.4. The number of benzene rings is 1. The molecule has 2 amide bonds. The van der Waals surface area contributed by atoms with Crippen LogP contribution in [-0.2, 0) is 9.53 Å². The number of ether oxygens (including phenoxy) is 1. The Hall–Kier alpha value is -1.92. The maximum Gasteiger partial charge on any atom is 0.252 e. The lowest BCUT2D eigenvalue weighted by atomic mass is 9.79. The molecule has 0 bridgehead atoms. The summed E-state index contributed by atoms with van der Waals surface area (Å²) >= 11 is 0. The van der Waals surface area contributed by atoms with Gasteiger partial charge >= 0.3 is 0 Å². The molecule has 27 heavy (non-hydrogen) atoms. The Labute approximate surface area is 162 Å². The molecule has 1 saturated heterocycles. The minimum atomic E-state index is -0.571. The van der Waals surface area contributed by atoms with Gasteiger partial charge < -0.3 is 20.7 Å². The number of piperidine rings is 1. The van der Waals surface area contributed by atoms with Gasteiger partial charge in [0.25, 0.3) is 5.91 Å². The van der Waals surface area contributed by atoms with Crippen LogP contribution in [0.2, 0.25) is 0 Å². The van der Waals surface area contributed by atoms with Gasteiger partial charge in [0.1, 0.15) is 6.04 Å². The van der Waals surface area contributed by atoms with E-state index in [1.807, 2.05) is 39.0 Å². The first-order chi connectivity index (χ1) is 12.9. The fourth-order valence-electron chi connectivity index (χ4n) is 3.60. The second-order valence-corrected chi connectivity index (χ2v) is 7.91. The van der Waals surface area contributed by atoms with Gasteiger partial charge in [-0.05, 0) is 50.4 Å². The Morgan fingerprint density at radius 2 is 1.89 bits per heavy atom. The average molecular weight is 376 g/mol. The van der Waals surface area contributed by atoms with Crippen LogP contribution < -0.4 is 16.0 Å². The van der Waals surface area contributed by atoms with Crippen molar-refractivity contribution in [3.05, 3.63) is 35.4 Å². The van der Waals surface area contributed by atoms with Gasteiger partial charge in [0, 0.05) is 24.6 Å². The Kier molecular flexibility index (Phi) is 7.80. The van der Waals surface area contributed by atoms with Gasteiger partial charge in [-0.3, -0.25) is 9.59 Å². The zero-order valence-electron chi connectivity index (χ0n) is 16.9. The summed E-state index contributed by atoms with van der Waals surface area (Å²) in [5, 5.41) is 9.33. The SMILES string of the molecule is COCC1(CNC(=O)C(NC(=O)c2ccccc2C)C(C)C)CCNCC1. The number of amides is 2. The third kappa shape index (κ3) is 5.78. The molecule has 6 heteroatoms. The van der Waals surface area contributed by atoms with Gasteiger partial charge in [-0.1, -0.05) is 32.0 Å². The van der Waals surface area contributed by atoms with Gasteiger partial charge in [0.05, 0.1) is 6.61 Å². The third-order valence-electron chi connectivity index (χ3n) is 5.38. The van der Waals surface area contributed by atoms with Crippen LogP contribution in [0.4, 0.5) is 0 Å². The second kappa shape index (κ2) is 9.85. The van der Waals surface area contributed by atoms with Crippen LogP contribution in [0.3, 0.4) is 0 Å². The van der Waals surface area contributed by atoms with Crippen molar-refractivity contribution >= 4 is 11.8 Å². The van der Waals surface area contributed by atoms with Crippen LogP contribution in [0.5, 0.6) is 0 Å². The van der Waals surface area contributed by atoms with Gasteiger partial charge in [-0.2, -0.15) is 0 Å². The Balaban J connectivity index is 2.02. The normalized spacial score (nSPS) is 17.4. The number of aryl methyl sites for hydroxylation is 1. The number of rotatable bonds is 8. The summed E-state index contributed by atoms with van der Waals surface area (Å²) in [6, 6.07) is 6.83. The summed E-state index contributed by atoms with van der Waals surface area (Å²) in [7, 11) is 1.70. The average Bonchev–Trinajstić information content (AvgIpc) is 2.65.